The van der Waals surface area contributed by atoms with Crippen molar-refractivity contribution >= 4 is 29.8 Å². The van der Waals surface area contributed by atoms with Crippen molar-refractivity contribution in [1.29, 1.82) is 0 Å². The Kier molecular flexibility index (Phi) is 14.7. The van der Waals surface area contributed by atoms with Crippen LogP contribution in [0.2, 0.25) is 0 Å². The van der Waals surface area contributed by atoms with Crippen LogP contribution in [-0.2, 0) is 40.0 Å². The summed E-state index contributed by atoms with van der Waals surface area (Å²) >= 11 is 0. The summed E-state index contributed by atoms with van der Waals surface area (Å²) in [6, 6.07) is 6.16. The van der Waals surface area contributed by atoms with Gasteiger partial charge >= 0.3 is 12.1 Å². The second-order valence-electron chi connectivity index (χ2n) is 10.6. The number of carbonyl (C=O) groups excluding carboxylic acids is 5. The molecule has 0 saturated heterocycles. The molecular formula is C28H44N4O8. The number of esters is 1. The molecule has 0 spiro atoms. The minimum absolute atomic E-state index is 0.0848. The summed E-state index contributed by atoms with van der Waals surface area (Å²) in [6.45, 7) is 11.7. The third-order valence-electron chi connectivity index (χ3n) is 5.19. The third kappa shape index (κ3) is 14.5. The van der Waals surface area contributed by atoms with E-state index >= 15 is 0 Å². The smallest absolute Gasteiger partial charge is 0.408 e. The Morgan fingerprint density at radius 2 is 1.50 bits per heavy atom. The summed E-state index contributed by atoms with van der Waals surface area (Å²) in [5, 5.41) is 10.0. The van der Waals surface area contributed by atoms with Crippen molar-refractivity contribution in [3.63, 3.8) is 0 Å². The van der Waals surface area contributed by atoms with E-state index in [2.05, 4.69) is 21.3 Å². The van der Waals surface area contributed by atoms with Crippen LogP contribution in [-0.4, -0.2) is 73.3 Å². The van der Waals surface area contributed by atoms with E-state index in [0.29, 0.717) is 6.42 Å². The molecule has 0 aliphatic heterocycles. The Balaban J connectivity index is 2.85. The lowest BCUT2D eigenvalue weighted by molar-refractivity contribution is -0.148. The molecule has 0 unspecified atom stereocenters. The van der Waals surface area contributed by atoms with Gasteiger partial charge in [0.15, 0.2) is 0 Å². The molecule has 40 heavy (non-hydrogen) atoms. The summed E-state index contributed by atoms with van der Waals surface area (Å²) in [6.07, 6.45) is -0.433. The Morgan fingerprint density at radius 1 is 0.875 bits per heavy atom. The molecule has 0 radical (unpaired) electrons. The second-order valence-corrected chi connectivity index (χ2v) is 10.6. The van der Waals surface area contributed by atoms with Crippen LogP contribution in [0.25, 0.3) is 0 Å². The van der Waals surface area contributed by atoms with Crippen molar-refractivity contribution in [2.45, 2.75) is 85.2 Å². The fourth-order valence-electron chi connectivity index (χ4n) is 3.37. The first-order chi connectivity index (χ1) is 18.7. The van der Waals surface area contributed by atoms with Gasteiger partial charge in [-0.1, -0.05) is 44.2 Å². The van der Waals surface area contributed by atoms with Gasteiger partial charge in [0.1, 0.15) is 30.3 Å². The fraction of sp³-hybridized carbons (Fsp3) is 0.607. The maximum absolute atomic E-state index is 13.2. The monoisotopic (exact) mass is 564 g/mol. The van der Waals surface area contributed by atoms with Crippen molar-refractivity contribution in [2.75, 3.05) is 19.8 Å². The lowest BCUT2D eigenvalue weighted by Crippen LogP contribution is -2.57. The third-order valence-corrected chi connectivity index (χ3v) is 5.19. The number of carbonyl (C=O) groups is 5. The number of hydrogen-bond donors (Lipinski definition) is 4. The number of ether oxygens (including phenoxy) is 3. The summed E-state index contributed by atoms with van der Waals surface area (Å²) < 4.78 is 15.9. The molecular weight excluding hydrogens is 520 g/mol. The van der Waals surface area contributed by atoms with Crippen molar-refractivity contribution in [2.24, 2.45) is 5.92 Å². The van der Waals surface area contributed by atoms with E-state index in [1.807, 2.05) is 44.2 Å². The molecule has 0 saturated carbocycles. The molecule has 4 N–H and O–H groups in total. The normalized spacial score (nSPS) is 13.4. The number of hydrogen-bond acceptors (Lipinski definition) is 8. The molecule has 12 heteroatoms. The number of nitrogens with one attached hydrogen (secondary N) is 4. The van der Waals surface area contributed by atoms with E-state index < -0.39 is 60.1 Å². The first-order valence-electron chi connectivity index (χ1n) is 13.4. The fourth-order valence-corrected chi connectivity index (χ4v) is 3.37. The number of alkyl carbamates (subject to hydrolysis) is 1. The Labute approximate surface area is 236 Å². The van der Waals surface area contributed by atoms with Crippen LogP contribution in [0.3, 0.4) is 0 Å². The van der Waals surface area contributed by atoms with Crippen LogP contribution in [0.5, 0.6) is 0 Å². The van der Waals surface area contributed by atoms with E-state index in [9.17, 15) is 24.0 Å². The Hall–Kier alpha value is -3.67. The quantitative estimate of drug-likeness (QED) is 0.235. The SMILES string of the molecule is CCOC(=O)[C@H](CC(C)C)NC(=O)[C@H](COCc1ccccc1)NC(=O)[C@H](C)NC(=O)CNC(=O)OC(C)(C)C. The average molecular weight is 565 g/mol. The largest absolute Gasteiger partial charge is 0.464 e. The van der Waals surface area contributed by atoms with Crippen LogP contribution < -0.4 is 21.3 Å². The Morgan fingerprint density at radius 3 is 2.08 bits per heavy atom. The zero-order valence-electron chi connectivity index (χ0n) is 24.5. The van der Waals surface area contributed by atoms with Gasteiger partial charge in [-0.3, -0.25) is 14.4 Å². The average Bonchev–Trinajstić information content (AvgIpc) is 2.85. The molecule has 0 aliphatic carbocycles. The highest BCUT2D eigenvalue weighted by Gasteiger charge is 2.30. The standard InChI is InChI=1S/C28H44N4O8/c1-8-39-26(36)21(14-18(2)3)31-25(35)22(17-38-16-20-12-10-9-11-13-20)32-24(34)19(4)30-23(33)15-29-27(37)40-28(5,6)7/h9-13,18-19,21-22H,8,14-17H2,1-7H3,(H,29,37)(H,30,33)(H,31,35)(H,32,34)/t19-,21-,22-/m0/s1. The van der Waals surface area contributed by atoms with Gasteiger partial charge in [-0.25, -0.2) is 9.59 Å². The molecule has 224 valence electrons. The molecule has 4 amide bonds. The molecule has 1 aromatic carbocycles. The maximum Gasteiger partial charge on any atom is 0.408 e. The van der Waals surface area contributed by atoms with Gasteiger partial charge in [-0.15, -0.1) is 0 Å². The first-order valence-corrected chi connectivity index (χ1v) is 13.4. The van der Waals surface area contributed by atoms with Crippen LogP contribution >= 0.6 is 0 Å². The lowest BCUT2D eigenvalue weighted by Gasteiger charge is -2.25. The zero-order chi connectivity index (χ0) is 30.3. The first kappa shape index (κ1) is 34.4. The summed E-state index contributed by atoms with van der Waals surface area (Å²) in [4.78, 5) is 62.5. The van der Waals surface area contributed by atoms with Gasteiger partial charge in [0.05, 0.1) is 19.8 Å². The Bertz CT molecular complexity index is 978. The molecule has 3 atom stereocenters. The molecule has 0 bridgehead atoms. The number of benzene rings is 1. The van der Waals surface area contributed by atoms with Crippen LogP contribution in [0, 0.1) is 5.92 Å². The maximum atomic E-state index is 13.2. The minimum Gasteiger partial charge on any atom is -0.464 e. The summed E-state index contributed by atoms with van der Waals surface area (Å²) in [5.74, 6) is -2.41. The van der Waals surface area contributed by atoms with Crippen molar-refractivity contribution in [3.8, 4) is 0 Å². The summed E-state index contributed by atoms with van der Waals surface area (Å²) in [5.41, 5.74) is 0.142. The highest BCUT2D eigenvalue weighted by atomic mass is 16.6. The molecule has 0 heterocycles. The highest BCUT2D eigenvalue weighted by molar-refractivity contribution is 5.94. The number of rotatable bonds is 15. The topological polar surface area (TPSA) is 161 Å². The lowest BCUT2D eigenvalue weighted by atomic mass is 10.0. The molecule has 12 nitrogen and oxygen atoms in total. The predicted molar refractivity (Wildman–Crippen MR) is 148 cm³/mol. The van der Waals surface area contributed by atoms with E-state index in [1.54, 1.807) is 27.7 Å². The second kappa shape index (κ2) is 17.1. The van der Waals surface area contributed by atoms with Gasteiger partial charge in [-0.05, 0) is 52.5 Å². The predicted octanol–water partition coefficient (Wildman–Crippen LogP) is 1.81. The van der Waals surface area contributed by atoms with E-state index in [-0.39, 0.29) is 25.7 Å². The molecule has 0 aromatic heterocycles. The van der Waals surface area contributed by atoms with E-state index in [0.717, 1.165) is 5.56 Å². The van der Waals surface area contributed by atoms with E-state index in [1.165, 1.54) is 6.92 Å². The van der Waals surface area contributed by atoms with Gasteiger partial charge in [0, 0.05) is 0 Å². The molecule has 0 aliphatic rings. The number of amides is 4. The van der Waals surface area contributed by atoms with Gasteiger partial charge in [-0.2, -0.15) is 0 Å². The van der Waals surface area contributed by atoms with Crippen LogP contribution in [0.15, 0.2) is 30.3 Å². The molecule has 1 aromatic rings. The minimum atomic E-state index is -1.17. The molecule has 0 fully saturated rings. The summed E-state index contributed by atoms with van der Waals surface area (Å²) in [7, 11) is 0. The van der Waals surface area contributed by atoms with E-state index in [4.69, 9.17) is 14.2 Å². The van der Waals surface area contributed by atoms with Gasteiger partial charge in [0.25, 0.3) is 0 Å². The van der Waals surface area contributed by atoms with Gasteiger partial charge in [0.2, 0.25) is 17.7 Å². The van der Waals surface area contributed by atoms with Crippen LogP contribution in [0.4, 0.5) is 4.79 Å². The molecule has 1 rings (SSSR count). The van der Waals surface area contributed by atoms with Crippen molar-refractivity contribution < 1.29 is 38.2 Å². The van der Waals surface area contributed by atoms with Crippen molar-refractivity contribution in [1.82, 2.24) is 21.3 Å². The van der Waals surface area contributed by atoms with Gasteiger partial charge < -0.3 is 35.5 Å². The zero-order valence-corrected chi connectivity index (χ0v) is 24.5. The van der Waals surface area contributed by atoms with Crippen molar-refractivity contribution in [3.05, 3.63) is 35.9 Å². The highest BCUT2D eigenvalue weighted by Crippen LogP contribution is 2.08. The van der Waals surface area contributed by atoms with Crippen LogP contribution in [0.1, 0.15) is 60.5 Å².